The minimum Gasteiger partial charge on any atom is -0.224 e. The highest BCUT2D eigenvalue weighted by molar-refractivity contribution is 7.91. The first-order valence-corrected chi connectivity index (χ1v) is 9.45. The largest absolute Gasteiger partial charge is 0.276 e. The van der Waals surface area contributed by atoms with Crippen molar-refractivity contribution >= 4 is 31.6 Å². The zero-order valence-electron chi connectivity index (χ0n) is 10.4. The summed E-state index contributed by atoms with van der Waals surface area (Å²) in [7, 11) is -7.15. The van der Waals surface area contributed by atoms with Crippen LogP contribution in [0.1, 0.15) is 18.2 Å². The van der Waals surface area contributed by atoms with Gasteiger partial charge in [0, 0.05) is 18.0 Å². The van der Waals surface area contributed by atoms with Gasteiger partial charge in [-0.25, -0.2) is 23.0 Å². The average Bonchev–Trinajstić information content (AvgIpc) is 2.74. The standard InChI is InChI=1S/C9H17N3O4S3/c1-2-6-11-19(15,16)12-7-5-8-3-4-9(17-8)18(10,13)14/h3-4,11-12H,2,5-7H2,1H3,(H2,10,13,14). The molecule has 0 fully saturated rings. The molecule has 0 saturated carbocycles. The fourth-order valence-electron chi connectivity index (χ4n) is 1.24. The van der Waals surface area contributed by atoms with Gasteiger partial charge in [0.1, 0.15) is 4.21 Å². The third-order valence-electron chi connectivity index (χ3n) is 2.12. The van der Waals surface area contributed by atoms with Gasteiger partial charge in [-0.15, -0.1) is 11.3 Å². The second-order valence-electron chi connectivity index (χ2n) is 3.81. The van der Waals surface area contributed by atoms with Crippen molar-refractivity contribution in [3.05, 3.63) is 17.0 Å². The maximum absolute atomic E-state index is 11.4. The lowest BCUT2D eigenvalue weighted by atomic mass is 10.3. The molecule has 4 N–H and O–H groups in total. The lowest BCUT2D eigenvalue weighted by Gasteiger charge is -2.06. The minimum atomic E-state index is -3.68. The molecule has 0 unspecified atom stereocenters. The van der Waals surface area contributed by atoms with E-state index in [1.54, 1.807) is 6.07 Å². The van der Waals surface area contributed by atoms with Crippen LogP contribution in [0.25, 0.3) is 0 Å². The molecule has 1 heterocycles. The molecule has 0 amide bonds. The van der Waals surface area contributed by atoms with Crippen LogP contribution in [0.15, 0.2) is 16.3 Å². The Labute approximate surface area is 117 Å². The summed E-state index contributed by atoms with van der Waals surface area (Å²) in [6.45, 7) is 2.44. The first-order valence-electron chi connectivity index (χ1n) is 5.60. The summed E-state index contributed by atoms with van der Waals surface area (Å²) >= 11 is 1.04. The summed E-state index contributed by atoms with van der Waals surface area (Å²) in [5.74, 6) is 0. The fraction of sp³-hybridized carbons (Fsp3) is 0.556. The first kappa shape index (κ1) is 16.5. The molecule has 0 saturated heterocycles. The van der Waals surface area contributed by atoms with E-state index in [1.165, 1.54) is 6.07 Å². The van der Waals surface area contributed by atoms with E-state index in [4.69, 9.17) is 5.14 Å². The second-order valence-corrected chi connectivity index (χ2v) is 8.35. The van der Waals surface area contributed by atoms with Crippen molar-refractivity contribution in [2.75, 3.05) is 13.1 Å². The van der Waals surface area contributed by atoms with E-state index in [9.17, 15) is 16.8 Å². The van der Waals surface area contributed by atoms with Crippen molar-refractivity contribution in [3.8, 4) is 0 Å². The predicted molar refractivity (Wildman–Crippen MR) is 74.6 cm³/mol. The molecule has 7 nitrogen and oxygen atoms in total. The quantitative estimate of drug-likeness (QED) is 0.611. The van der Waals surface area contributed by atoms with Crippen molar-refractivity contribution in [1.82, 2.24) is 9.44 Å². The van der Waals surface area contributed by atoms with Crippen molar-refractivity contribution in [3.63, 3.8) is 0 Å². The molecular formula is C9H17N3O4S3. The van der Waals surface area contributed by atoms with Gasteiger partial charge in [0.15, 0.2) is 0 Å². The molecule has 0 aliphatic rings. The smallest absolute Gasteiger partial charge is 0.224 e. The van der Waals surface area contributed by atoms with E-state index in [0.717, 1.165) is 16.2 Å². The molecule has 19 heavy (non-hydrogen) atoms. The van der Waals surface area contributed by atoms with E-state index >= 15 is 0 Å². The van der Waals surface area contributed by atoms with Gasteiger partial charge in [-0.05, 0) is 25.0 Å². The number of primary sulfonamides is 1. The molecular weight excluding hydrogens is 310 g/mol. The Morgan fingerprint density at radius 1 is 1.16 bits per heavy atom. The van der Waals surface area contributed by atoms with Gasteiger partial charge in [0.2, 0.25) is 10.0 Å². The van der Waals surface area contributed by atoms with E-state index in [2.05, 4.69) is 9.44 Å². The maximum Gasteiger partial charge on any atom is 0.276 e. The molecule has 0 aliphatic heterocycles. The van der Waals surface area contributed by atoms with Crippen LogP contribution in [-0.2, 0) is 26.7 Å². The van der Waals surface area contributed by atoms with Crippen LogP contribution in [0.5, 0.6) is 0 Å². The van der Waals surface area contributed by atoms with Gasteiger partial charge in [-0.3, -0.25) is 0 Å². The Morgan fingerprint density at radius 3 is 2.32 bits per heavy atom. The second kappa shape index (κ2) is 6.77. The lowest BCUT2D eigenvalue weighted by molar-refractivity contribution is 0.566. The van der Waals surface area contributed by atoms with Crippen molar-refractivity contribution < 1.29 is 16.8 Å². The van der Waals surface area contributed by atoms with Crippen LogP contribution < -0.4 is 14.6 Å². The Balaban J connectivity index is 2.48. The molecule has 0 bridgehead atoms. The van der Waals surface area contributed by atoms with Crippen LogP contribution in [0.3, 0.4) is 0 Å². The minimum absolute atomic E-state index is 0.0782. The van der Waals surface area contributed by atoms with E-state index in [0.29, 0.717) is 19.4 Å². The van der Waals surface area contributed by atoms with E-state index in [-0.39, 0.29) is 10.8 Å². The average molecular weight is 327 g/mol. The van der Waals surface area contributed by atoms with Crippen molar-refractivity contribution in [2.45, 2.75) is 24.0 Å². The van der Waals surface area contributed by atoms with E-state index in [1.807, 2.05) is 6.92 Å². The van der Waals surface area contributed by atoms with Gasteiger partial charge in [0.05, 0.1) is 0 Å². The number of sulfonamides is 1. The Hall–Kier alpha value is -0.520. The highest BCUT2D eigenvalue weighted by atomic mass is 32.2. The molecule has 1 rings (SSSR count). The topological polar surface area (TPSA) is 118 Å². The molecule has 0 spiro atoms. The van der Waals surface area contributed by atoms with Gasteiger partial charge < -0.3 is 0 Å². The Bertz CT molecular complexity index is 606. The lowest BCUT2D eigenvalue weighted by Crippen LogP contribution is -2.37. The number of thiophene rings is 1. The van der Waals surface area contributed by atoms with Gasteiger partial charge in [-0.1, -0.05) is 6.92 Å². The highest BCUT2D eigenvalue weighted by Gasteiger charge is 2.12. The van der Waals surface area contributed by atoms with Crippen molar-refractivity contribution in [1.29, 1.82) is 0 Å². The fourth-order valence-corrected chi connectivity index (χ4v) is 3.97. The third-order valence-corrected chi connectivity index (χ3v) is 5.87. The summed E-state index contributed by atoms with van der Waals surface area (Å²) in [5, 5.41) is 4.98. The molecule has 0 atom stereocenters. The molecule has 1 aromatic heterocycles. The van der Waals surface area contributed by atoms with E-state index < -0.39 is 20.2 Å². The number of hydrogen-bond donors (Lipinski definition) is 3. The molecule has 10 heteroatoms. The summed E-state index contributed by atoms with van der Waals surface area (Å²) < 4.78 is 49.8. The van der Waals surface area contributed by atoms with Crippen LogP contribution in [0.2, 0.25) is 0 Å². The molecule has 0 aromatic carbocycles. The summed E-state index contributed by atoms with van der Waals surface area (Å²) in [5.41, 5.74) is 0. The monoisotopic (exact) mass is 327 g/mol. The SMILES string of the molecule is CCCNS(=O)(=O)NCCc1ccc(S(N)(=O)=O)s1. The molecule has 110 valence electrons. The number of nitrogens with two attached hydrogens (primary N) is 1. The number of hydrogen-bond acceptors (Lipinski definition) is 5. The normalized spacial score (nSPS) is 12.7. The summed E-state index contributed by atoms with van der Waals surface area (Å²) in [6.07, 6.45) is 1.12. The van der Waals surface area contributed by atoms with Crippen LogP contribution in [0.4, 0.5) is 0 Å². The third kappa shape index (κ3) is 5.97. The van der Waals surface area contributed by atoms with Crippen LogP contribution >= 0.6 is 11.3 Å². The highest BCUT2D eigenvalue weighted by Crippen LogP contribution is 2.20. The Morgan fingerprint density at radius 2 is 1.79 bits per heavy atom. The number of nitrogens with one attached hydrogen (secondary N) is 2. The zero-order valence-corrected chi connectivity index (χ0v) is 12.9. The maximum atomic E-state index is 11.4. The van der Waals surface area contributed by atoms with Gasteiger partial charge in [0.25, 0.3) is 10.2 Å². The van der Waals surface area contributed by atoms with Crippen LogP contribution in [0, 0.1) is 0 Å². The van der Waals surface area contributed by atoms with Gasteiger partial charge >= 0.3 is 0 Å². The molecule has 0 radical (unpaired) electrons. The van der Waals surface area contributed by atoms with Crippen molar-refractivity contribution in [2.24, 2.45) is 5.14 Å². The Kier molecular flexibility index (Phi) is 5.89. The van der Waals surface area contributed by atoms with Gasteiger partial charge in [-0.2, -0.15) is 8.42 Å². The summed E-state index contributed by atoms with van der Waals surface area (Å²) in [4.78, 5) is 0.752. The number of rotatable bonds is 8. The first-order chi connectivity index (χ1) is 8.74. The molecule has 1 aromatic rings. The predicted octanol–water partition coefficient (Wildman–Crippen LogP) is -0.228. The molecule has 0 aliphatic carbocycles. The summed E-state index contributed by atoms with van der Waals surface area (Å²) in [6, 6.07) is 3.04. The zero-order chi connectivity index (χ0) is 14.5. The van der Waals surface area contributed by atoms with Crippen LogP contribution in [-0.4, -0.2) is 29.9 Å².